The van der Waals surface area contributed by atoms with E-state index < -0.39 is 5.97 Å². The molecule has 0 unspecified atom stereocenters. The molecule has 1 heterocycles. The third-order valence-electron chi connectivity index (χ3n) is 3.49. The van der Waals surface area contributed by atoms with E-state index in [1.165, 1.54) is 30.3 Å². The molecule has 1 amide bonds. The summed E-state index contributed by atoms with van der Waals surface area (Å²) in [7, 11) is 1.84. The summed E-state index contributed by atoms with van der Waals surface area (Å²) in [5, 5.41) is 10.5. The van der Waals surface area contributed by atoms with E-state index in [9.17, 15) is 9.59 Å². The largest absolute Gasteiger partial charge is 0.478 e. The molecule has 0 aromatic carbocycles. The molecular formula is C14H17NO3S. The van der Waals surface area contributed by atoms with Crippen molar-refractivity contribution in [3.63, 3.8) is 0 Å². The molecule has 102 valence electrons. The highest BCUT2D eigenvalue weighted by atomic mass is 32.1. The van der Waals surface area contributed by atoms with Gasteiger partial charge in [0.05, 0.1) is 4.88 Å². The van der Waals surface area contributed by atoms with Crippen molar-refractivity contribution in [1.82, 2.24) is 4.90 Å². The number of hydrogen-bond donors (Lipinski definition) is 1. The van der Waals surface area contributed by atoms with Gasteiger partial charge in [-0.05, 0) is 35.9 Å². The highest BCUT2D eigenvalue weighted by molar-refractivity contribution is 7.12. The van der Waals surface area contributed by atoms with Gasteiger partial charge in [-0.1, -0.05) is 12.8 Å². The Morgan fingerprint density at radius 2 is 2.11 bits per heavy atom. The van der Waals surface area contributed by atoms with Gasteiger partial charge in [0.1, 0.15) is 0 Å². The zero-order chi connectivity index (χ0) is 13.8. The number of hydrogen-bond acceptors (Lipinski definition) is 3. The predicted molar refractivity (Wildman–Crippen MR) is 75.3 cm³/mol. The maximum Gasteiger partial charge on any atom is 0.328 e. The van der Waals surface area contributed by atoms with Crippen LogP contribution in [0.2, 0.25) is 0 Å². The number of amides is 1. The molecular weight excluding hydrogens is 262 g/mol. The fourth-order valence-corrected chi connectivity index (χ4v) is 3.27. The SMILES string of the molecule is CN(C(=O)c1sccc1C=CC(=O)O)C1CCCC1. The molecule has 1 fully saturated rings. The Hall–Kier alpha value is -1.62. The van der Waals surface area contributed by atoms with Crippen LogP contribution < -0.4 is 0 Å². The highest BCUT2D eigenvalue weighted by Gasteiger charge is 2.25. The average molecular weight is 279 g/mol. The summed E-state index contributed by atoms with van der Waals surface area (Å²) < 4.78 is 0. The average Bonchev–Trinajstić information content (AvgIpc) is 3.05. The Morgan fingerprint density at radius 1 is 1.42 bits per heavy atom. The summed E-state index contributed by atoms with van der Waals surface area (Å²) in [6.45, 7) is 0. The summed E-state index contributed by atoms with van der Waals surface area (Å²) >= 11 is 1.36. The van der Waals surface area contributed by atoms with E-state index in [1.54, 1.807) is 11.0 Å². The van der Waals surface area contributed by atoms with Crippen molar-refractivity contribution in [2.75, 3.05) is 7.05 Å². The first-order valence-electron chi connectivity index (χ1n) is 6.35. The smallest absolute Gasteiger partial charge is 0.328 e. The van der Waals surface area contributed by atoms with Gasteiger partial charge in [0.2, 0.25) is 0 Å². The zero-order valence-electron chi connectivity index (χ0n) is 10.8. The van der Waals surface area contributed by atoms with Crippen LogP contribution in [0.4, 0.5) is 0 Å². The summed E-state index contributed by atoms with van der Waals surface area (Å²) in [6, 6.07) is 2.10. The van der Waals surface area contributed by atoms with Gasteiger partial charge in [-0.15, -0.1) is 11.3 Å². The van der Waals surface area contributed by atoms with Crippen molar-refractivity contribution in [2.45, 2.75) is 31.7 Å². The number of aliphatic carboxylic acids is 1. The van der Waals surface area contributed by atoms with Crippen LogP contribution in [0.3, 0.4) is 0 Å². The highest BCUT2D eigenvalue weighted by Crippen LogP contribution is 2.26. The molecule has 1 saturated carbocycles. The lowest BCUT2D eigenvalue weighted by Gasteiger charge is -2.24. The Balaban J connectivity index is 2.14. The third-order valence-corrected chi connectivity index (χ3v) is 4.41. The maximum absolute atomic E-state index is 12.4. The first-order chi connectivity index (χ1) is 9.09. The van der Waals surface area contributed by atoms with E-state index in [1.807, 2.05) is 12.4 Å². The van der Waals surface area contributed by atoms with Crippen LogP contribution in [-0.2, 0) is 4.79 Å². The third kappa shape index (κ3) is 3.23. The molecule has 1 N–H and O–H groups in total. The Morgan fingerprint density at radius 3 is 2.74 bits per heavy atom. The standard InChI is InChI=1S/C14H17NO3S/c1-15(11-4-2-3-5-11)14(18)13-10(8-9-19-13)6-7-12(16)17/h6-9,11H,2-5H2,1H3,(H,16,17). The number of carboxylic acid groups (broad SMARTS) is 1. The van der Waals surface area contributed by atoms with Crippen molar-refractivity contribution in [2.24, 2.45) is 0 Å². The minimum Gasteiger partial charge on any atom is -0.478 e. The number of carbonyl (C=O) groups is 2. The van der Waals surface area contributed by atoms with Crippen LogP contribution in [0, 0.1) is 0 Å². The van der Waals surface area contributed by atoms with Crippen LogP contribution in [-0.4, -0.2) is 35.0 Å². The molecule has 1 aromatic heterocycles. The van der Waals surface area contributed by atoms with Gasteiger partial charge in [0.15, 0.2) is 0 Å². The van der Waals surface area contributed by atoms with Gasteiger partial charge in [0.25, 0.3) is 5.91 Å². The van der Waals surface area contributed by atoms with Crippen molar-refractivity contribution in [3.8, 4) is 0 Å². The van der Waals surface area contributed by atoms with Crippen molar-refractivity contribution in [1.29, 1.82) is 0 Å². The summed E-state index contributed by atoms with van der Waals surface area (Å²) in [6.07, 6.45) is 7.03. The topological polar surface area (TPSA) is 57.6 Å². The summed E-state index contributed by atoms with van der Waals surface area (Å²) in [4.78, 5) is 25.4. The van der Waals surface area contributed by atoms with Gasteiger partial charge >= 0.3 is 5.97 Å². The van der Waals surface area contributed by atoms with Crippen molar-refractivity contribution < 1.29 is 14.7 Å². The van der Waals surface area contributed by atoms with Gasteiger partial charge in [-0.3, -0.25) is 4.79 Å². The number of nitrogens with zero attached hydrogens (tertiary/aromatic N) is 1. The van der Waals surface area contributed by atoms with E-state index >= 15 is 0 Å². The fraction of sp³-hybridized carbons (Fsp3) is 0.429. The molecule has 0 aliphatic heterocycles. The van der Waals surface area contributed by atoms with E-state index in [2.05, 4.69) is 0 Å². The Bertz CT molecular complexity index is 501. The number of rotatable bonds is 4. The lowest BCUT2D eigenvalue weighted by Crippen LogP contribution is -2.35. The molecule has 1 aromatic rings. The molecule has 0 bridgehead atoms. The first kappa shape index (κ1) is 13.8. The second kappa shape index (κ2) is 6.02. The molecule has 1 aliphatic rings. The number of carbonyl (C=O) groups excluding carboxylic acids is 1. The molecule has 0 saturated heterocycles. The molecule has 2 rings (SSSR count). The van der Waals surface area contributed by atoms with Gasteiger partial charge in [0, 0.05) is 19.2 Å². The number of carboxylic acids is 1. The van der Waals surface area contributed by atoms with Crippen LogP contribution in [0.15, 0.2) is 17.5 Å². The maximum atomic E-state index is 12.4. The molecule has 0 radical (unpaired) electrons. The lowest BCUT2D eigenvalue weighted by molar-refractivity contribution is -0.131. The molecule has 1 aliphatic carbocycles. The molecule has 19 heavy (non-hydrogen) atoms. The quantitative estimate of drug-likeness (QED) is 0.862. The van der Waals surface area contributed by atoms with Crippen molar-refractivity contribution >= 4 is 29.3 Å². The second-order valence-corrected chi connectivity index (χ2v) is 5.65. The Kier molecular flexibility index (Phi) is 4.37. The number of thiophene rings is 1. The van der Waals surface area contributed by atoms with E-state index in [-0.39, 0.29) is 5.91 Å². The minimum atomic E-state index is -1.01. The zero-order valence-corrected chi connectivity index (χ0v) is 11.7. The van der Waals surface area contributed by atoms with Crippen LogP contribution in [0.25, 0.3) is 6.08 Å². The summed E-state index contributed by atoms with van der Waals surface area (Å²) in [5.41, 5.74) is 0.683. The molecule has 0 atom stereocenters. The van der Waals surface area contributed by atoms with Crippen molar-refractivity contribution in [3.05, 3.63) is 28.0 Å². The molecule has 4 nitrogen and oxygen atoms in total. The fourth-order valence-electron chi connectivity index (χ4n) is 2.40. The van der Waals surface area contributed by atoms with Gasteiger partial charge < -0.3 is 10.0 Å². The monoisotopic (exact) mass is 279 g/mol. The van der Waals surface area contributed by atoms with E-state index in [4.69, 9.17) is 5.11 Å². The van der Waals surface area contributed by atoms with Crippen LogP contribution in [0.5, 0.6) is 0 Å². The molecule has 5 heteroatoms. The summed E-state index contributed by atoms with van der Waals surface area (Å²) in [5.74, 6) is -1.01. The first-order valence-corrected chi connectivity index (χ1v) is 7.23. The normalized spacial score (nSPS) is 16.1. The van der Waals surface area contributed by atoms with Gasteiger partial charge in [-0.2, -0.15) is 0 Å². The van der Waals surface area contributed by atoms with E-state index in [0.29, 0.717) is 16.5 Å². The van der Waals surface area contributed by atoms with E-state index in [0.717, 1.165) is 18.9 Å². The second-order valence-electron chi connectivity index (χ2n) is 4.73. The predicted octanol–water partition coefficient (Wildman–Crippen LogP) is 2.86. The molecule has 0 spiro atoms. The van der Waals surface area contributed by atoms with Gasteiger partial charge in [-0.25, -0.2) is 4.79 Å². The van der Waals surface area contributed by atoms with Crippen LogP contribution in [0.1, 0.15) is 40.9 Å². The Labute approximate surface area is 116 Å². The lowest BCUT2D eigenvalue weighted by atomic mass is 10.2. The van der Waals surface area contributed by atoms with Crippen LogP contribution >= 0.6 is 11.3 Å². The minimum absolute atomic E-state index is 0.00746.